The van der Waals surface area contributed by atoms with E-state index in [0.717, 1.165) is 133 Å². The predicted molar refractivity (Wildman–Crippen MR) is 551 cm³/mol. The summed E-state index contributed by atoms with van der Waals surface area (Å²) in [5, 5.41) is 48.5. The number of hydrogen-bond acceptors (Lipinski definition) is 29. The maximum Gasteiger partial charge on any atom is 0.394 e. The van der Waals surface area contributed by atoms with Gasteiger partial charge in [0.1, 0.15) is 42.4 Å². The molecule has 0 aliphatic rings. The second-order valence-electron chi connectivity index (χ2n) is 35.5. The van der Waals surface area contributed by atoms with Crippen molar-refractivity contribution in [1.29, 1.82) is 5.41 Å². The third-order valence-corrected chi connectivity index (χ3v) is 34.7. The van der Waals surface area contributed by atoms with E-state index >= 15 is 0 Å². The van der Waals surface area contributed by atoms with Crippen molar-refractivity contribution in [3.05, 3.63) is 197 Å². The summed E-state index contributed by atoms with van der Waals surface area (Å²) in [6.07, 6.45) is 16.4. The molecule has 0 spiro atoms. The number of benzene rings is 4. The third-order valence-electron chi connectivity index (χ3n) is 22.1. The molecule has 718 valence electrons. The quantitative estimate of drug-likeness (QED) is 0.00529. The van der Waals surface area contributed by atoms with Gasteiger partial charge in [-0.05, 0) is 70.9 Å². The number of thiazole rings is 4. The number of primary amides is 2. The summed E-state index contributed by atoms with van der Waals surface area (Å²) >= 11 is 10.0. The summed E-state index contributed by atoms with van der Waals surface area (Å²) in [7, 11) is -4.41. The zero-order valence-electron chi connectivity index (χ0n) is 77.3. The summed E-state index contributed by atoms with van der Waals surface area (Å²) in [6.45, 7) is 32.8. The van der Waals surface area contributed by atoms with Crippen LogP contribution in [0.25, 0.3) is 123 Å². The average Bonchev–Trinajstić information content (AvgIpc) is 1.52. The van der Waals surface area contributed by atoms with Gasteiger partial charge in [-0.25, -0.2) is 51.5 Å². The van der Waals surface area contributed by atoms with Gasteiger partial charge in [0.25, 0.3) is 28.5 Å². The van der Waals surface area contributed by atoms with Crippen LogP contribution in [-0.4, -0.2) is 208 Å². The predicted octanol–water partition coefficient (Wildman–Crippen LogP) is 14.5. The molecule has 0 radical (unpaired) electrons. The fourth-order valence-electron chi connectivity index (χ4n) is 15.0. The first-order valence-corrected chi connectivity index (χ1v) is 62.3. The first-order valence-electron chi connectivity index (χ1n) is 42.3. The van der Waals surface area contributed by atoms with Crippen molar-refractivity contribution >= 4 is 258 Å². The van der Waals surface area contributed by atoms with Crippen LogP contribution >= 0.6 is 73.0 Å². The van der Waals surface area contributed by atoms with Crippen LogP contribution in [0.2, 0.25) is 77.1 Å². The van der Waals surface area contributed by atoms with Crippen LogP contribution in [0.3, 0.4) is 0 Å². The van der Waals surface area contributed by atoms with E-state index < -0.39 is 56.3 Å². The van der Waals surface area contributed by atoms with Crippen molar-refractivity contribution in [3.8, 4) is 0 Å². The van der Waals surface area contributed by atoms with E-state index in [1.54, 1.807) is 89.2 Å². The molecule has 0 fully saturated rings. The van der Waals surface area contributed by atoms with Gasteiger partial charge < -0.3 is 54.2 Å². The standard InChI is InChI=1S/C23H25N7O2SSi.C23H28N6O4S2Si.C17H13N7O2S.C14H21BrN2OSi.C9H10N4OS2.H2O4S/c1-24-23-27-21-20(33-23)17-12-25-29(22(31)19(17)28(21)2)13-15-7-6-8-18-16(15)11-26-30(18)14-32-9-10-34(3,4)5;1-27-19-17(20-21(27)26-23(34-20)35(2,31)32)12-24-28(22(19)30)13-15-7-6-8-18-16(15)11-25-29(18)14-33-9-10-36(3,4)5;1-23-12-10(13-15(23)21-16(27-13)14(18)25)6-20-24(17(12)26)7-8-3-2-4-11-9(8)5-19-22-11;1-19(2,3)8-7-18-11-17-14-6-4-5-12(9-15)13(14)10-16-17;1-13-5(7(11)14)4(3-10)6-8(13)12-9(15-2)16-6;1-5(2,3)4/h6-8,11-12H,9-10,13-14H2,2-5H3;6-8,11-12H,9-10,13-14H2,1-5H3;2-6H,7H2,1H3,(H2,18,25)(H,19,22);4-6,10H,7-9,11H2,1-3H3;3,10H,1-2H3,(H2,11,14);(H2,1,2,3,4). The summed E-state index contributed by atoms with van der Waals surface area (Å²) in [5.74, 6) is -1.12. The molecule has 0 bridgehead atoms. The lowest BCUT2D eigenvalue weighted by atomic mass is 10.1. The minimum Gasteiger partial charge on any atom is -0.364 e. The normalized spacial score (nSPS) is 12.1. The van der Waals surface area contributed by atoms with Gasteiger partial charge in [0.05, 0.1) is 104 Å². The molecule has 8 N–H and O–H groups in total. The van der Waals surface area contributed by atoms with Gasteiger partial charge in [0.15, 0.2) is 26.3 Å². The van der Waals surface area contributed by atoms with Crippen LogP contribution in [0, 0.1) is 12.0 Å². The summed E-state index contributed by atoms with van der Waals surface area (Å²) < 4.78 is 93.6. The van der Waals surface area contributed by atoms with Gasteiger partial charge in [-0.1, -0.05) is 147 Å². The molecule has 0 aliphatic carbocycles. The van der Waals surface area contributed by atoms with Crippen molar-refractivity contribution < 1.29 is 49.7 Å². The number of sulfone groups is 1. The monoisotopic (exact) mass is 2110 g/mol. The maximum atomic E-state index is 13.4. The highest BCUT2D eigenvalue weighted by Gasteiger charge is 2.28. The Morgan fingerprint density at radius 1 is 0.511 bits per heavy atom. The number of aromatic nitrogens is 22. The lowest BCUT2D eigenvalue weighted by Gasteiger charge is -2.15. The molecular weight excluding hydrogens is 2010 g/mol. The van der Waals surface area contributed by atoms with Crippen LogP contribution in [0.15, 0.2) is 139 Å². The Balaban J connectivity index is 0.000000139. The number of nitrogens with zero attached hydrogens (tertiary/aromatic N) is 22. The topological polar surface area (TPSA) is 509 Å². The van der Waals surface area contributed by atoms with E-state index in [0.29, 0.717) is 111 Å². The molecule has 19 aromatic rings. The molecule has 4 aromatic carbocycles. The van der Waals surface area contributed by atoms with Crippen molar-refractivity contribution in [2.24, 2.45) is 39.7 Å². The Kier molecular flexibility index (Phi) is 30.6. The molecule has 15 aromatic heterocycles. The van der Waals surface area contributed by atoms with Crippen molar-refractivity contribution in [2.75, 3.05) is 32.3 Å². The Labute approximate surface area is 814 Å². The SMILES string of the molecule is CSc1nc2c(s1)c(C=N)c(C(N)=O)n2C.C[Si](C)(C)CCOCn1ncc2c(CBr)cccc21.Cn1c2nc(C(N)=O)sc2c2cnn(Cc3cccc4[nH]ncc34)c(=O)c21.Cn1c2nc(S(C)(=O)=O)sc2c2cnn(Cc3cccc4c3cnn4COCC[Si](C)(C)C)c(=O)c21.O=S(=O)(O)O.[C-]#[N+]c1nc2c(s1)c1cnn(Cc3cccc4c3cnn4COCC[Si](C)(C)C)c(=O)c1n2C. The number of nitrogens with one attached hydrogen (secondary N) is 2. The lowest BCUT2D eigenvalue weighted by Crippen LogP contribution is -2.24. The van der Waals surface area contributed by atoms with Crippen LogP contribution in [0.4, 0.5) is 5.13 Å². The number of hydrogen-bond donors (Lipinski definition) is 6. The lowest BCUT2D eigenvalue weighted by molar-refractivity contribution is 0.0816. The molecule has 137 heavy (non-hydrogen) atoms. The summed E-state index contributed by atoms with van der Waals surface area (Å²) in [6, 6.07) is 27.3. The minimum atomic E-state index is -4.67. The van der Waals surface area contributed by atoms with Gasteiger partial charge in [-0.15, -0.1) is 45.3 Å². The molecule has 40 nitrogen and oxygen atoms in total. The average molecular weight is 2110 g/mol. The summed E-state index contributed by atoms with van der Waals surface area (Å²) in [4.78, 5) is 83.1. The van der Waals surface area contributed by atoms with Gasteiger partial charge in [0.2, 0.25) is 19.8 Å². The summed E-state index contributed by atoms with van der Waals surface area (Å²) in [5.41, 5.74) is 22.7. The van der Waals surface area contributed by atoms with Gasteiger partial charge in [0, 0.05) is 133 Å². The number of alkyl halides is 1. The largest absolute Gasteiger partial charge is 0.394 e. The van der Waals surface area contributed by atoms with Crippen molar-refractivity contribution in [2.45, 2.75) is 131 Å². The molecule has 0 saturated carbocycles. The Hall–Kier alpha value is -11.9. The van der Waals surface area contributed by atoms with Crippen molar-refractivity contribution in [1.82, 2.24) is 107 Å². The van der Waals surface area contributed by atoms with E-state index in [9.17, 15) is 32.4 Å². The minimum absolute atomic E-state index is 0.0299. The molecule has 2 amide bonds. The van der Waals surface area contributed by atoms with E-state index in [-0.39, 0.29) is 32.6 Å². The van der Waals surface area contributed by atoms with Gasteiger partial charge in [-0.2, -0.15) is 44.1 Å². The second-order valence-corrected chi connectivity index (χ2v) is 61.0. The highest BCUT2D eigenvalue weighted by Crippen LogP contribution is 2.38. The number of halogens is 1. The Morgan fingerprint density at radius 2 is 0.891 bits per heavy atom. The number of fused-ring (bicyclic) bond motifs is 14. The zero-order chi connectivity index (χ0) is 98.8. The number of nitrogens with two attached hydrogens (primary N) is 2. The second kappa shape index (κ2) is 41.4. The molecule has 0 unspecified atom stereocenters. The number of thioether (sulfide) groups is 1. The first kappa shape index (κ1) is 101. The fraction of sp³-hybridized carbons (Fsp3) is 0.326. The van der Waals surface area contributed by atoms with Crippen LogP contribution in [0.5, 0.6) is 0 Å². The Bertz CT molecular complexity index is 8320. The number of aryl methyl sites for hydroxylation is 4. The molecule has 0 saturated heterocycles. The molecule has 15 heterocycles. The van der Waals surface area contributed by atoms with Crippen LogP contribution in [0.1, 0.15) is 48.1 Å². The number of carbonyl (C=O) groups is 2. The van der Waals surface area contributed by atoms with Crippen LogP contribution in [-0.2, 0) is 108 Å². The van der Waals surface area contributed by atoms with Crippen LogP contribution < -0.4 is 28.1 Å². The zero-order valence-corrected chi connectivity index (χ0v) is 87.6. The third kappa shape index (κ3) is 22.6. The fourth-order valence-corrected chi connectivity index (χ4v) is 23.2. The smallest absolute Gasteiger partial charge is 0.364 e. The first-order chi connectivity index (χ1) is 64.8. The molecule has 51 heteroatoms. The molecular formula is C86H99BrN26O14S7Si3. The van der Waals surface area contributed by atoms with Gasteiger partial charge >= 0.3 is 15.5 Å². The highest BCUT2D eigenvalue weighted by atomic mass is 79.9. The van der Waals surface area contributed by atoms with E-state index in [1.165, 1.54) is 65.0 Å². The molecule has 19 rings (SSSR count). The van der Waals surface area contributed by atoms with Crippen molar-refractivity contribution in [3.63, 3.8) is 0 Å². The number of H-pyrrole nitrogens is 1. The molecule has 0 aliphatic heterocycles. The number of amides is 2. The number of aromatic amines is 1. The molecule has 0 atom stereocenters. The highest BCUT2D eigenvalue weighted by molar-refractivity contribution is 9.08. The number of rotatable bonds is 27. The number of carbonyl (C=O) groups excluding carboxylic acids is 2. The Morgan fingerprint density at radius 3 is 1.29 bits per heavy atom. The van der Waals surface area contributed by atoms with E-state index in [4.69, 9.17) is 55.2 Å². The maximum absolute atomic E-state index is 13.4. The van der Waals surface area contributed by atoms with E-state index in [1.807, 2.05) is 87.3 Å². The van der Waals surface area contributed by atoms with E-state index in [2.05, 4.69) is 159 Å². The number of ether oxygens (including phenoxy) is 3. The van der Waals surface area contributed by atoms with Gasteiger partial charge in [-0.3, -0.25) is 38.2 Å².